The second kappa shape index (κ2) is 6.00. The molecule has 0 aliphatic carbocycles. The van der Waals surface area contributed by atoms with Crippen LogP contribution in [0.1, 0.15) is 23.0 Å². The Kier molecular flexibility index (Phi) is 4.14. The van der Waals surface area contributed by atoms with E-state index < -0.39 is 5.97 Å². The lowest BCUT2D eigenvalue weighted by Crippen LogP contribution is -2.27. The maximum Gasteiger partial charge on any atom is 0.338 e. The minimum Gasteiger partial charge on any atom is -0.478 e. The maximum absolute atomic E-state index is 11.7. The van der Waals surface area contributed by atoms with Crippen LogP contribution in [0, 0.1) is 0 Å². The summed E-state index contributed by atoms with van der Waals surface area (Å²) in [6, 6.07) is 1.83. The summed E-state index contributed by atoms with van der Waals surface area (Å²) in [6.45, 7) is 3.06. The van der Waals surface area contributed by atoms with Gasteiger partial charge in [0.25, 0.3) is 0 Å². The Labute approximate surface area is 115 Å². The average Bonchev–Trinajstić information content (AvgIpc) is 3.04. The molecular weight excluding hydrogens is 262 g/mol. The van der Waals surface area contributed by atoms with Crippen molar-refractivity contribution in [1.82, 2.24) is 24.9 Å². The summed E-state index contributed by atoms with van der Waals surface area (Å²) in [7, 11) is 0. The molecule has 2 aromatic heterocycles. The molecule has 8 heteroatoms. The molecule has 0 saturated heterocycles. The van der Waals surface area contributed by atoms with Gasteiger partial charge >= 0.3 is 5.97 Å². The van der Waals surface area contributed by atoms with Crippen molar-refractivity contribution >= 4 is 11.9 Å². The first-order valence-corrected chi connectivity index (χ1v) is 6.13. The van der Waals surface area contributed by atoms with Crippen LogP contribution in [-0.2, 0) is 24.4 Å². The summed E-state index contributed by atoms with van der Waals surface area (Å²) in [5.74, 6) is -1.32. The van der Waals surface area contributed by atoms with Gasteiger partial charge in [0.15, 0.2) is 0 Å². The third-order valence-electron chi connectivity index (χ3n) is 2.67. The Bertz CT molecular complexity index is 616. The van der Waals surface area contributed by atoms with Gasteiger partial charge in [0.1, 0.15) is 6.54 Å². The lowest BCUT2D eigenvalue weighted by molar-refractivity contribution is -0.122. The van der Waals surface area contributed by atoms with Crippen LogP contribution in [0.5, 0.6) is 0 Å². The van der Waals surface area contributed by atoms with E-state index in [9.17, 15) is 9.59 Å². The molecule has 0 aliphatic heterocycles. The lowest BCUT2D eigenvalue weighted by Gasteiger charge is -2.03. The Morgan fingerprint density at radius 2 is 2.20 bits per heavy atom. The molecule has 8 nitrogen and oxygen atoms in total. The number of rotatable bonds is 6. The SMILES string of the molecule is CCn1ccc(CNC(=O)Cn2cc(C(=O)O)cn2)n1. The topological polar surface area (TPSA) is 102 Å². The Morgan fingerprint density at radius 1 is 1.40 bits per heavy atom. The maximum atomic E-state index is 11.7. The Hall–Kier alpha value is -2.64. The van der Waals surface area contributed by atoms with Crippen molar-refractivity contribution in [2.75, 3.05) is 0 Å². The number of aryl methyl sites for hydroxylation is 1. The minimum atomic E-state index is -1.07. The molecular formula is C12H15N5O3. The van der Waals surface area contributed by atoms with E-state index in [0.717, 1.165) is 12.2 Å². The summed E-state index contributed by atoms with van der Waals surface area (Å²) >= 11 is 0. The molecule has 0 bridgehead atoms. The van der Waals surface area contributed by atoms with Crippen molar-refractivity contribution in [2.45, 2.75) is 26.6 Å². The van der Waals surface area contributed by atoms with Crippen molar-refractivity contribution in [3.8, 4) is 0 Å². The number of carboxylic acids is 1. The number of carboxylic acid groups (broad SMARTS) is 1. The summed E-state index contributed by atoms with van der Waals surface area (Å²) < 4.78 is 3.05. The lowest BCUT2D eigenvalue weighted by atomic mass is 10.4. The number of nitrogens with one attached hydrogen (secondary N) is 1. The zero-order valence-corrected chi connectivity index (χ0v) is 11.0. The smallest absolute Gasteiger partial charge is 0.338 e. The van der Waals surface area contributed by atoms with Crippen molar-refractivity contribution in [1.29, 1.82) is 0 Å². The molecule has 0 saturated carbocycles. The highest BCUT2D eigenvalue weighted by molar-refractivity contribution is 5.87. The van der Waals surface area contributed by atoms with Crippen LogP contribution in [0.25, 0.3) is 0 Å². The number of aromatic carboxylic acids is 1. The van der Waals surface area contributed by atoms with E-state index in [0.29, 0.717) is 6.54 Å². The van der Waals surface area contributed by atoms with Crippen LogP contribution in [0.4, 0.5) is 0 Å². The molecule has 0 spiro atoms. The van der Waals surface area contributed by atoms with Crippen molar-refractivity contribution in [3.63, 3.8) is 0 Å². The molecule has 0 radical (unpaired) electrons. The molecule has 0 unspecified atom stereocenters. The molecule has 2 rings (SSSR count). The van der Waals surface area contributed by atoms with Gasteiger partial charge in [-0.2, -0.15) is 10.2 Å². The summed E-state index contributed by atoms with van der Waals surface area (Å²) in [5, 5.41) is 19.5. The van der Waals surface area contributed by atoms with Gasteiger partial charge in [-0.1, -0.05) is 0 Å². The Morgan fingerprint density at radius 3 is 2.80 bits per heavy atom. The van der Waals surface area contributed by atoms with Crippen molar-refractivity contribution in [2.24, 2.45) is 0 Å². The summed E-state index contributed by atoms with van der Waals surface area (Å²) in [6.07, 6.45) is 4.36. The van der Waals surface area contributed by atoms with Crippen LogP contribution >= 0.6 is 0 Å². The average molecular weight is 277 g/mol. The van der Waals surface area contributed by atoms with Crippen LogP contribution in [0.15, 0.2) is 24.7 Å². The molecule has 2 heterocycles. The van der Waals surface area contributed by atoms with Crippen LogP contribution in [-0.4, -0.2) is 36.5 Å². The third kappa shape index (κ3) is 3.44. The van der Waals surface area contributed by atoms with Gasteiger partial charge in [-0.25, -0.2) is 4.79 Å². The van der Waals surface area contributed by atoms with Crippen LogP contribution in [0.2, 0.25) is 0 Å². The van der Waals surface area contributed by atoms with Gasteiger partial charge in [-0.3, -0.25) is 14.2 Å². The number of carbonyl (C=O) groups excluding carboxylic acids is 1. The monoisotopic (exact) mass is 277 g/mol. The number of hydrogen-bond acceptors (Lipinski definition) is 4. The predicted octanol–water partition coefficient (Wildman–Crippen LogP) is 0.114. The Balaban J connectivity index is 1.84. The molecule has 20 heavy (non-hydrogen) atoms. The highest BCUT2D eigenvalue weighted by atomic mass is 16.4. The number of hydrogen-bond donors (Lipinski definition) is 2. The molecule has 106 valence electrons. The summed E-state index contributed by atoms with van der Waals surface area (Å²) in [5.41, 5.74) is 0.825. The molecule has 0 atom stereocenters. The van der Waals surface area contributed by atoms with E-state index in [1.54, 1.807) is 4.68 Å². The first-order valence-electron chi connectivity index (χ1n) is 6.13. The normalized spacial score (nSPS) is 10.4. The highest BCUT2D eigenvalue weighted by Crippen LogP contribution is 1.98. The van der Waals surface area contributed by atoms with Gasteiger partial charge in [-0.05, 0) is 13.0 Å². The molecule has 0 aromatic carbocycles. The fourth-order valence-electron chi connectivity index (χ4n) is 1.63. The first kappa shape index (κ1) is 13.8. The van der Waals surface area contributed by atoms with E-state index in [-0.39, 0.29) is 18.0 Å². The molecule has 2 aromatic rings. The molecule has 1 amide bonds. The highest BCUT2D eigenvalue weighted by Gasteiger charge is 2.09. The minimum absolute atomic E-state index is 0.0260. The number of aromatic nitrogens is 4. The van der Waals surface area contributed by atoms with Gasteiger partial charge < -0.3 is 10.4 Å². The van der Waals surface area contributed by atoms with E-state index in [4.69, 9.17) is 5.11 Å². The quantitative estimate of drug-likeness (QED) is 0.780. The second-order valence-corrected chi connectivity index (χ2v) is 4.17. The largest absolute Gasteiger partial charge is 0.478 e. The van der Waals surface area contributed by atoms with Gasteiger partial charge in [0.2, 0.25) is 5.91 Å². The van der Waals surface area contributed by atoms with E-state index in [2.05, 4.69) is 15.5 Å². The van der Waals surface area contributed by atoms with Gasteiger partial charge in [0.05, 0.1) is 24.0 Å². The molecule has 0 fully saturated rings. The third-order valence-corrected chi connectivity index (χ3v) is 2.67. The summed E-state index contributed by atoms with van der Waals surface area (Å²) in [4.78, 5) is 22.4. The van der Waals surface area contributed by atoms with E-state index in [1.807, 2.05) is 19.2 Å². The van der Waals surface area contributed by atoms with Crippen LogP contribution in [0.3, 0.4) is 0 Å². The second-order valence-electron chi connectivity index (χ2n) is 4.17. The number of nitrogens with zero attached hydrogens (tertiary/aromatic N) is 4. The number of amides is 1. The van der Waals surface area contributed by atoms with Gasteiger partial charge in [-0.15, -0.1) is 0 Å². The standard InChI is InChI=1S/C12H15N5O3/c1-2-16-4-3-10(15-16)6-13-11(18)8-17-7-9(5-14-17)12(19)20/h3-5,7H,2,6,8H2,1H3,(H,13,18)(H,19,20). The fourth-order valence-corrected chi connectivity index (χ4v) is 1.63. The van der Waals surface area contributed by atoms with Crippen molar-refractivity contribution in [3.05, 3.63) is 35.9 Å². The zero-order chi connectivity index (χ0) is 14.5. The number of carbonyl (C=O) groups is 2. The molecule has 2 N–H and O–H groups in total. The van der Waals surface area contributed by atoms with Crippen molar-refractivity contribution < 1.29 is 14.7 Å². The fraction of sp³-hybridized carbons (Fsp3) is 0.333. The molecule has 0 aliphatic rings. The predicted molar refractivity (Wildman–Crippen MR) is 68.9 cm³/mol. The van der Waals surface area contributed by atoms with E-state index >= 15 is 0 Å². The van der Waals surface area contributed by atoms with Gasteiger partial charge in [0, 0.05) is 18.9 Å². The zero-order valence-electron chi connectivity index (χ0n) is 11.0. The van der Waals surface area contributed by atoms with Crippen LogP contribution < -0.4 is 5.32 Å². The first-order chi connectivity index (χ1) is 9.58. The van der Waals surface area contributed by atoms with E-state index in [1.165, 1.54) is 17.1 Å².